The molecule has 1 aliphatic carbocycles. The highest BCUT2D eigenvalue weighted by Crippen LogP contribution is 2.38. The molecule has 2 rings (SSSR count). The van der Waals surface area contributed by atoms with Crippen molar-refractivity contribution in [2.45, 2.75) is 52.4 Å². The highest BCUT2D eigenvalue weighted by molar-refractivity contribution is 6.02. The summed E-state index contributed by atoms with van der Waals surface area (Å²) in [5, 5.41) is 0. The summed E-state index contributed by atoms with van der Waals surface area (Å²) >= 11 is 0. The molecule has 104 valence electrons. The second-order valence-electron chi connectivity index (χ2n) is 6.51. The molecule has 2 heteroatoms. The number of Topliss-reactive ketones (excluding diaryl/α,β-unsaturated/α-hetero) is 1. The van der Waals surface area contributed by atoms with E-state index in [-0.39, 0.29) is 11.3 Å². The van der Waals surface area contributed by atoms with E-state index >= 15 is 0 Å². The van der Waals surface area contributed by atoms with Crippen molar-refractivity contribution in [2.24, 2.45) is 5.92 Å². The lowest BCUT2D eigenvalue weighted by Crippen LogP contribution is -2.14. The highest BCUT2D eigenvalue weighted by atomic mass is 16.5. The van der Waals surface area contributed by atoms with Crippen LogP contribution in [0.5, 0.6) is 5.75 Å². The summed E-state index contributed by atoms with van der Waals surface area (Å²) in [6.45, 7) is 8.60. The van der Waals surface area contributed by atoms with Crippen LogP contribution in [0.2, 0.25) is 0 Å². The minimum absolute atomic E-state index is 0.0104. The summed E-state index contributed by atoms with van der Waals surface area (Å²) < 4.78 is 5.52. The maximum Gasteiger partial charge on any atom is 0.166 e. The van der Waals surface area contributed by atoms with Gasteiger partial charge >= 0.3 is 0 Å². The van der Waals surface area contributed by atoms with Gasteiger partial charge in [-0.15, -0.1) is 0 Å². The predicted molar refractivity (Wildman–Crippen MR) is 78.1 cm³/mol. The molecule has 0 saturated carbocycles. The van der Waals surface area contributed by atoms with E-state index < -0.39 is 0 Å². The van der Waals surface area contributed by atoms with Gasteiger partial charge in [0.15, 0.2) is 5.78 Å². The number of ketones is 1. The Morgan fingerprint density at radius 2 is 2.00 bits per heavy atom. The maximum absolute atomic E-state index is 12.4. The Kier molecular flexibility index (Phi) is 3.71. The monoisotopic (exact) mass is 260 g/mol. The standard InChI is InChI=1S/C17H24O2/c1-6-7-11-8-12-9-15(19-5)14(17(2,3)4)10-13(12)16(11)18/h9-11H,6-8H2,1-5H3. The van der Waals surface area contributed by atoms with Gasteiger partial charge in [-0.1, -0.05) is 34.1 Å². The van der Waals surface area contributed by atoms with Crippen molar-refractivity contribution in [2.75, 3.05) is 7.11 Å². The van der Waals surface area contributed by atoms with Crippen molar-refractivity contribution in [3.05, 3.63) is 28.8 Å². The molecule has 0 N–H and O–H groups in total. The molecule has 0 amide bonds. The topological polar surface area (TPSA) is 26.3 Å². The SMILES string of the molecule is CCCC1Cc2cc(OC)c(C(C)(C)C)cc2C1=O. The summed E-state index contributed by atoms with van der Waals surface area (Å²) in [5.41, 5.74) is 3.19. The minimum Gasteiger partial charge on any atom is -0.496 e. The van der Waals surface area contributed by atoms with Crippen LogP contribution >= 0.6 is 0 Å². The molecule has 0 saturated heterocycles. The molecule has 2 nitrogen and oxygen atoms in total. The van der Waals surface area contributed by atoms with E-state index in [1.54, 1.807) is 7.11 Å². The van der Waals surface area contributed by atoms with E-state index in [0.717, 1.165) is 41.7 Å². The lowest BCUT2D eigenvalue weighted by molar-refractivity contribution is 0.0930. The number of ether oxygens (including phenoxy) is 1. The largest absolute Gasteiger partial charge is 0.496 e. The molecule has 1 aromatic rings. The summed E-state index contributed by atoms with van der Waals surface area (Å²) in [4.78, 5) is 12.4. The average Bonchev–Trinajstić information content (AvgIpc) is 2.64. The second-order valence-corrected chi connectivity index (χ2v) is 6.51. The van der Waals surface area contributed by atoms with Crippen LogP contribution < -0.4 is 4.74 Å². The highest BCUT2D eigenvalue weighted by Gasteiger charge is 2.32. The van der Waals surface area contributed by atoms with Crippen molar-refractivity contribution in [1.29, 1.82) is 0 Å². The van der Waals surface area contributed by atoms with Gasteiger partial charge < -0.3 is 4.74 Å². The van der Waals surface area contributed by atoms with Crippen LogP contribution in [-0.4, -0.2) is 12.9 Å². The number of hydrogen-bond acceptors (Lipinski definition) is 2. The van der Waals surface area contributed by atoms with Crippen LogP contribution in [0.4, 0.5) is 0 Å². The number of rotatable bonds is 3. The van der Waals surface area contributed by atoms with E-state index in [0.29, 0.717) is 5.78 Å². The first-order valence-corrected chi connectivity index (χ1v) is 7.14. The third kappa shape index (κ3) is 2.54. The van der Waals surface area contributed by atoms with Gasteiger partial charge in [0, 0.05) is 17.0 Å². The van der Waals surface area contributed by atoms with E-state index in [9.17, 15) is 4.79 Å². The van der Waals surface area contributed by atoms with Crippen LogP contribution in [0.15, 0.2) is 12.1 Å². The van der Waals surface area contributed by atoms with Gasteiger partial charge in [0.25, 0.3) is 0 Å². The third-order valence-electron chi connectivity index (χ3n) is 3.97. The quantitative estimate of drug-likeness (QED) is 0.816. The van der Waals surface area contributed by atoms with Gasteiger partial charge in [0.2, 0.25) is 0 Å². The fraction of sp³-hybridized carbons (Fsp3) is 0.588. The Hall–Kier alpha value is -1.31. The lowest BCUT2D eigenvalue weighted by atomic mass is 9.84. The molecule has 1 unspecified atom stereocenters. The van der Waals surface area contributed by atoms with Gasteiger partial charge in [-0.2, -0.15) is 0 Å². The van der Waals surface area contributed by atoms with Crippen LogP contribution in [0.3, 0.4) is 0 Å². The van der Waals surface area contributed by atoms with E-state index in [1.165, 1.54) is 0 Å². The molecule has 0 aromatic heterocycles. The molecule has 1 aliphatic rings. The van der Waals surface area contributed by atoms with E-state index in [4.69, 9.17) is 4.74 Å². The molecule has 0 heterocycles. The Bertz CT molecular complexity index is 495. The second kappa shape index (κ2) is 4.99. The van der Waals surface area contributed by atoms with E-state index in [2.05, 4.69) is 39.8 Å². The number of carbonyl (C=O) groups excluding carboxylic acids is 1. The van der Waals surface area contributed by atoms with E-state index in [1.807, 2.05) is 0 Å². The lowest BCUT2D eigenvalue weighted by Gasteiger charge is -2.23. The van der Waals surface area contributed by atoms with Crippen molar-refractivity contribution < 1.29 is 9.53 Å². The van der Waals surface area contributed by atoms with Crippen LogP contribution in [0, 0.1) is 5.92 Å². The zero-order valence-corrected chi connectivity index (χ0v) is 12.7. The molecule has 1 aromatic carbocycles. The van der Waals surface area contributed by atoms with Crippen LogP contribution in [-0.2, 0) is 11.8 Å². The van der Waals surface area contributed by atoms with Gasteiger partial charge in [0.1, 0.15) is 5.75 Å². The first kappa shape index (κ1) is 14.1. The fourth-order valence-corrected chi connectivity index (χ4v) is 2.93. The maximum atomic E-state index is 12.4. The van der Waals surface area contributed by atoms with Crippen molar-refractivity contribution in [3.8, 4) is 5.75 Å². The molecule has 0 aliphatic heterocycles. The zero-order valence-electron chi connectivity index (χ0n) is 12.7. The molecule has 19 heavy (non-hydrogen) atoms. The molecule has 0 radical (unpaired) electrons. The molecule has 0 spiro atoms. The van der Waals surface area contributed by atoms with Gasteiger partial charge in [-0.25, -0.2) is 0 Å². The minimum atomic E-state index is -0.0104. The summed E-state index contributed by atoms with van der Waals surface area (Å²) in [5.74, 6) is 1.42. The molecule has 0 bridgehead atoms. The normalized spacial score (nSPS) is 18.6. The van der Waals surface area contributed by atoms with Crippen LogP contribution in [0.1, 0.15) is 62.0 Å². The molecular weight excluding hydrogens is 236 g/mol. The van der Waals surface area contributed by atoms with Crippen molar-refractivity contribution in [3.63, 3.8) is 0 Å². The number of carbonyl (C=O) groups is 1. The van der Waals surface area contributed by atoms with Gasteiger partial charge in [-0.3, -0.25) is 4.79 Å². The first-order chi connectivity index (χ1) is 8.88. The average molecular weight is 260 g/mol. The fourth-order valence-electron chi connectivity index (χ4n) is 2.93. The Labute approximate surface area is 116 Å². The van der Waals surface area contributed by atoms with Gasteiger partial charge in [-0.05, 0) is 36.0 Å². The number of fused-ring (bicyclic) bond motifs is 1. The Balaban J connectivity index is 2.47. The number of methoxy groups -OCH3 is 1. The summed E-state index contributed by atoms with van der Waals surface area (Å²) in [6.07, 6.45) is 2.93. The molecule has 0 fully saturated rings. The van der Waals surface area contributed by atoms with Crippen LogP contribution in [0.25, 0.3) is 0 Å². The summed E-state index contributed by atoms with van der Waals surface area (Å²) in [7, 11) is 1.71. The van der Waals surface area contributed by atoms with Crippen molar-refractivity contribution in [1.82, 2.24) is 0 Å². The number of hydrogen-bond donors (Lipinski definition) is 0. The molecular formula is C17H24O2. The zero-order chi connectivity index (χ0) is 14.2. The smallest absolute Gasteiger partial charge is 0.166 e. The Morgan fingerprint density at radius 3 is 2.53 bits per heavy atom. The predicted octanol–water partition coefficient (Wildman–Crippen LogP) is 4.15. The van der Waals surface area contributed by atoms with Crippen molar-refractivity contribution >= 4 is 5.78 Å². The summed E-state index contributed by atoms with van der Waals surface area (Å²) in [6, 6.07) is 4.13. The third-order valence-corrected chi connectivity index (χ3v) is 3.97. The molecule has 1 atom stereocenters. The number of benzene rings is 1. The first-order valence-electron chi connectivity index (χ1n) is 7.14. The van der Waals surface area contributed by atoms with Gasteiger partial charge in [0.05, 0.1) is 7.11 Å². The Morgan fingerprint density at radius 1 is 1.32 bits per heavy atom.